The van der Waals surface area contributed by atoms with Gasteiger partial charge >= 0.3 is 0 Å². The molecule has 4 unspecified atom stereocenters. The third kappa shape index (κ3) is 2.12. The zero-order valence-electron chi connectivity index (χ0n) is 7.71. The SMILES string of the molecule is CSC1C(C)CC(C)CC1N. The highest BCUT2D eigenvalue weighted by Crippen LogP contribution is 2.34. The van der Waals surface area contributed by atoms with E-state index in [9.17, 15) is 0 Å². The van der Waals surface area contributed by atoms with E-state index in [0.29, 0.717) is 11.3 Å². The van der Waals surface area contributed by atoms with Crippen molar-refractivity contribution < 1.29 is 0 Å². The van der Waals surface area contributed by atoms with Crippen LogP contribution in [-0.4, -0.2) is 17.5 Å². The molecule has 11 heavy (non-hydrogen) atoms. The molecule has 1 fully saturated rings. The van der Waals surface area contributed by atoms with E-state index < -0.39 is 0 Å². The van der Waals surface area contributed by atoms with E-state index >= 15 is 0 Å². The molecule has 0 radical (unpaired) electrons. The van der Waals surface area contributed by atoms with Crippen LogP contribution in [0.4, 0.5) is 0 Å². The highest BCUT2D eigenvalue weighted by molar-refractivity contribution is 7.99. The summed E-state index contributed by atoms with van der Waals surface area (Å²) in [6.45, 7) is 4.64. The van der Waals surface area contributed by atoms with Crippen molar-refractivity contribution in [1.29, 1.82) is 0 Å². The second kappa shape index (κ2) is 3.81. The normalized spacial score (nSPS) is 45.8. The first-order chi connectivity index (χ1) is 5.15. The lowest BCUT2D eigenvalue weighted by Gasteiger charge is -2.36. The van der Waals surface area contributed by atoms with Gasteiger partial charge in [-0.05, 0) is 30.9 Å². The molecule has 66 valence electrons. The summed E-state index contributed by atoms with van der Waals surface area (Å²) < 4.78 is 0. The van der Waals surface area contributed by atoms with Gasteiger partial charge in [-0.25, -0.2) is 0 Å². The average molecular weight is 173 g/mol. The van der Waals surface area contributed by atoms with Gasteiger partial charge in [-0.2, -0.15) is 11.8 Å². The number of nitrogens with two attached hydrogens (primary N) is 1. The molecule has 2 N–H and O–H groups in total. The summed E-state index contributed by atoms with van der Waals surface area (Å²) >= 11 is 1.94. The van der Waals surface area contributed by atoms with Crippen molar-refractivity contribution in [2.75, 3.05) is 6.26 Å². The first-order valence-corrected chi connectivity index (χ1v) is 5.72. The number of thioether (sulfide) groups is 1. The smallest absolute Gasteiger partial charge is 0.0222 e. The molecule has 4 atom stereocenters. The molecule has 0 aromatic carbocycles. The molecule has 1 saturated carbocycles. The first-order valence-electron chi connectivity index (χ1n) is 4.43. The highest BCUT2D eigenvalue weighted by Gasteiger charge is 2.30. The Morgan fingerprint density at radius 2 is 1.91 bits per heavy atom. The van der Waals surface area contributed by atoms with Crippen LogP contribution in [-0.2, 0) is 0 Å². The molecule has 0 aromatic heterocycles. The van der Waals surface area contributed by atoms with Crippen molar-refractivity contribution >= 4 is 11.8 Å². The van der Waals surface area contributed by atoms with Crippen LogP contribution in [0.15, 0.2) is 0 Å². The van der Waals surface area contributed by atoms with E-state index in [1.54, 1.807) is 0 Å². The lowest BCUT2D eigenvalue weighted by atomic mass is 9.80. The molecule has 2 heteroatoms. The largest absolute Gasteiger partial charge is 0.327 e. The minimum absolute atomic E-state index is 0.434. The van der Waals surface area contributed by atoms with Crippen molar-refractivity contribution in [3.63, 3.8) is 0 Å². The van der Waals surface area contributed by atoms with Crippen LogP contribution in [0.3, 0.4) is 0 Å². The summed E-state index contributed by atoms with van der Waals surface area (Å²) in [6.07, 6.45) is 4.76. The summed E-state index contributed by atoms with van der Waals surface area (Å²) in [5.41, 5.74) is 6.05. The van der Waals surface area contributed by atoms with Gasteiger partial charge in [0.1, 0.15) is 0 Å². The van der Waals surface area contributed by atoms with E-state index in [1.807, 2.05) is 11.8 Å². The van der Waals surface area contributed by atoms with E-state index in [0.717, 1.165) is 11.8 Å². The third-order valence-corrected chi connectivity index (χ3v) is 4.06. The molecule has 1 nitrogen and oxygen atoms in total. The first kappa shape index (κ1) is 9.40. The molecule has 0 bridgehead atoms. The van der Waals surface area contributed by atoms with Crippen LogP contribution < -0.4 is 5.73 Å². The Balaban J connectivity index is 2.52. The van der Waals surface area contributed by atoms with Crippen LogP contribution in [0.1, 0.15) is 26.7 Å². The summed E-state index contributed by atoms with van der Waals surface area (Å²) in [5.74, 6) is 1.65. The Labute approximate surface area is 74.1 Å². The Bertz CT molecular complexity index is 115. The van der Waals surface area contributed by atoms with E-state index in [-0.39, 0.29) is 0 Å². The van der Waals surface area contributed by atoms with E-state index in [4.69, 9.17) is 5.73 Å². The van der Waals surface area contributed by atoms with Gasteiger partial charge in [0.2, 0.25) is 0 Å². The molecule has 1 rings (SSSR count). The van der Waals surface area contributed by atoms with Crippen molar-refractivity contribution in [2.45, 2.75) is 38.0 Å². The van der Waals surface area contributed by atoms with Gasteiger partial charge < -0.3 is 5.73 Å². The molecule has 0 amide bonds. The summed E-state index contributed by atoms with van der Waals surface area (Å²) in [4.78, 5) is 0. The van der Waals surface area contributed by atoms with Gasteiger partial charge in [0.25, 0.3) is 0 Å². The second-order valence-corrected chi connectivity index (χ2v) is 4.93. The molecule has 0 aromatic rings. The van der Waals surface area contributed by atoms with Crippen LogP contribution in [0, 0.1) is 11.8 Å². The summed E-state index contributed by atoms with van der Waals surface area (Å²) in [5, 5.41) is 0.700. The topological polar surface area (TPSA) is 26.0 Å². The van der Waals surface area contributed by atoms with Crippen LogP contribution >= 0.6 is 11.8 Å². The third-order valence-electron chi connectivity index (χ3n) is 2.70. The predicted octanol–water partition coefficient (Wildman–Crippen LogP) is 2.11. The molecule has 0 aliphatic heterocycles. The maximum Gasteiger partial charge on any atom is 0.0222 e. The molecule has 0 spiro atoms. The molecule has 1 aliphatic rings. The summed E-state index contributed by atoms with van der Waals surface area (Å²) in [7, 11) is 0. The van der Waals surface area contributed by atoms with Gasteiger partial charge in [-0.1, -0.05) is 13.8 Å². The van der Waals surface area contributed by atoms with Gasteiger partial charge in [0.05, 0.1) is 0 Å². The van der Waals surface area contributed by atoms with Crippen molar-refractivity contribution in [1.82, 2.24) is 0 Å². The molecule has 1 aliphatic carbocycles. The van der Waals surface area contributed by atoms with Crippen LogP contribution in [0.5, 0.6) is 0 Å². The predicted molar refractivity (Wildman–Crippen MR) is 52.8 cm³/mol. The van der Waals surface area contributed by atoms with Gasteiger partial charge in [-0.3, -0.25) is 0 Å². The zero-order chi connectivity index (χ0) is 8.43. The van der Waals surface area contributed by atoms with Gasteiger partial charge in [-0.15, -0.1) is 0 Å². The Hall–Kier alpha value is 0.310. The van der Waals surface area contributed by atoms with Gasteiger partial charge in [0, 0.05) is 11.3 Å². The number of rotatable bonds is 1. The lowest BCUT2D eigenvalue weighted by molar-refractivity contribution is 0.279. The Morgan fingerprint density at radius 1 is 1.27 bits per heavy atom. The average Bonchev–Trinajstić information content (AvgIpc) is 1.85. The number of hydrogen-bond donors (Lipinski definition) is 1. The summed E-state index contributed by atoms with van der Waals surface area (Å²) in [6, 6.07) is 0.434. The second-order valence-electron chi connectivity index (χ2n) is 3.92. The highest BCUT2D eigenvalue weighted by atomic mass is 32.2. The fourth-order valence-electron chi connectivity index (χ4n) is 2.29. The molecular weight excluding hydrogens is 154 g/mol. The monoisotopic (exact) mass is 173 g/mol. The molecule has 0 saturated heterocycles. The molecular formula is C9H19NS. The van der Waals surface area contributed by atoms with Gasteiger partial charge in [0.15, 0.2) is 0 Å². The minimum atomic E-state index is 0.434. The molecule has 0 heterocycles. The van der Waals surface area contributed by atoms with Crippen molar-refractivity contribution in [3.8, 4) is 0 Å². The fourth-order valence-corrected chi connectivity index (χ4v) is 3.33. The van der Waals surface area contributed by atoms with E-state index in [1.165, 1.54) is 12.8 Å². The van der Waals surface area contributed by atoms with Crippen LogP contribution in [0.25, 0.3) is 0 Å². The quantitative estimate of drug-likeness (QED) is 0.657. The maximum absolute atomic E-state index is 6.05. The Morgan fingerprint density at radius 3 is 2.36 bits per heavy atom. The van der Waals surface area contributed by atoms with Crippen molar-refractivity contribution in [3.05, 3.63) is 0 Å². The minimum Gasteiger partial charge on any atom is -0.327 e. The van der Waals surface area contributed by atoms with E-state index in [2.05, 4.69) is 20.1 Å². The Kier molecular flexibility index (Phi) is 3.26. The zero-order valence-corrected chi connectivity index (χ0v) is 8.53. The maximum atomic E-state index is 6.05. The standard InChI is InChI=1S/C9H19NS/c1-6-4-7(2)9(11-3)8(10)5-6/h6-9H,4-5,10H2,1-3H3. The van der Waals surface area contributed by atoms with Crippen molar-refractivity contribution in [2.24, 2.45) is 17.6 Å². The number of hydrogen-bond acceptors (Lipinski definition) is 2. The van der Waals surface area contributed by atoms with Crippen LogP contribution in [0.2, 0.25) is 0 Å². The lowest BCUT2D eigenvalue weighted by Crippen LogP contribution is -2.42. The fraction of sp³-hybridized carbons (Fsp3) is 1.00.